The molecule has 1 heterocycles. The molecule has 0 bridgehead atoms. The lowest BCUT2D eigenvalue weighted by atomic mass is 9.87. The molecule has 0 amide bonds. The lowest BCUT2D eigenvalue weighted by Crippen LogP contribution is -2.33. The number of aryl methyl sites for hydroxylation is 1. The molecule has 0 spiro atoms. The Morgan fingerprint density at radius 2 is 2.18 bits per heavy atom. The van der Waals surface area contributed by atoms with Crippen LogP contribution in [0.2, 0.25) is 5.02 Å². The van der Waals surface area contributed by atoms with Gasteiger partial charge in [-0.15, -0.1) is 0 Å². The van der Waals surface area contributed by atoms with Gasteiger partial charge < -0.3 is 10.3 Å². The fourth-order valence-corrected chi connectivity index (χ4v) is 2.27. The van der Waals surface area contributed by atoms with Crippen LogP contribution in [-0.4, -0.2) is 16.1 Å². The van der Waals surface area contributed by atoms with Gasteiger partial charge in [-0.05, 0) is 24.6 Å². The van der Waals surface area contributed by atoms with Gasteiger partial charge in [-0.25, -0.2) is 4.98 Å². The maximum absolute atomic E-state index is 5.99. The Balaban J connectivity index is 2.67. The van der Waals surface area contributed by atoms with Crippen molar-refractivity contribution in [2.45, 2.75) is 25.7 Å². The van der Waals surface area contributed by atoms with Crippen molar-refractivity contribution in [3.05, 3.63) is 29.0 Å². The van der Waals surface area contributed by atoms with Crippen molar-refractivity contribution in [3.8, 4) is 0 Å². The average molecular weight is 252 g/mol. The number of hydrogen-bond donors (Lipinski definition) is 1. The van der Waals surface area contributed by atoms with E-state index in [1.54, 1.807) is 0 Å². The number of fused-ring (bicyclic) bond motifs is 1. The van der Waals surface area contributed by atoms with Crippen LogP contribution in [0.25, 0.3) is 11.0 Å². The molecular formula is C13H18ClN3. The van der Waals surface area contributed by atoms with E-state index in [1.807, 2.05) is 25.2 Å². The van der Waals surface area contributed by atoms with E-state index < -0.39 is 0 Å². The average Bonchev–Trinajstić information content (AvgIpc) is 2.66. The predicted molar refractivity (Wildman–Crippen MR) is 72.4 cm³/mol. The van der Waals surface area contributed by atoms with Gasteiger partial charge >= 0.3 is 0 Å². The molecule has 0 saturated carbocycles. The van der Waals surface area contributed by atoms with Gasteiger partial charge in [-0.1, -0.05) is 25.4 Å². The highest BCUT2D eigenvalue weighted by Gasteiger charge is 2.28. The zero-order valence-electron chi connectivity index (χ0n) is 10.5. The highest BCUT2D eigenvalue weighted by Crippen LogP contribution is 2.29. The smallest absolute Gasteiger partial charge is 0.116 e. The van der Waals surface area contributed by atoms with Crippen LogP contribution in [0.15, 0.2) is 18.2 Å². The molecule has 2 aromatic rings. The van der Waals surface area contributed by atoms with Crippen LogP contribution in [0.4, 0.5) is 0 Å². The quantitative estimate of drug-likeness (QED) is 0.912. The van der Waals surface area contributed by atoms with E-state index in [0.29, 0.717) is 11.6 Å². The molecule has 2 N–H and O–H groups in total. The summed E-state index contributed by atoms with van der Waals surface area (Å²) in [5.41, 5.74) is 7.84. The predicted octanol–water partition coefficient (Wildman–Crippen LogP) is 2.85. The van der Waals surface area contributed by atoms with Gasteiger partial charge in [0.2, 0.25) is 0 Å². The Kier molecular flexibility index (Phi) is 3.15. The van der Waals surface area contributed by atoms with Crippen molar-refractivity contribution in [2.75, 3.05) is 6.54 Å². The molecular weight excluding hydrogens is 234 g/mol. The van der Waals surface area contributed by atoms with Crippen LogP contribution in [0.3, 0.4) is 0 Å². The fourth-order valence-electron chi connectivity index (χ4n) is 2.11. The third-order valence-electron chi connectivity index (χ3n) is 3.61. The first-order valence-corrected chi connectivity index (χ1v) is 6.22. The molecule has 17 heavy (non-hydrogen) atoms. The summed E-state index contributed by atoms with van der Waals surface area (Å²) >= 11 is 5.99. The van der Waals surface area contributed by atoms with E-state index in [1.165, 1.54) is 0 Å². The lowest BCUT2D eigenvalue weighted by molar-refractivity contribution is 0.427. The second-order valence-corrected chi connectivity index (χ2v) is 5.18. The van der Waals surface area contributed by atoms with Crippen molar-refractivity contribution in [1.82, 2.24) is 9.55 Å². The second kappa shape index (κ2) is 4.31. The molecule has 1 atom stereocenters. The highest BCUT2D eigenvalue weighted by atomic mass is 35.5. The molecule has 0 aliphatic rings. The van der Waals surface area contributed by atoms with Gasteiger partial charge in [0.05, 0.1) is 11.0 Å². The van der Waals surface area contributed by atoms with Crippen LogP contribution in [0, 0.1) is 0 Å². The van der Waals surface area contributed by atoms with Gasteiger partial charge in [0, 0.05) is 24.0 Å². The Labute approximate surface area is 107 Å². The molecule has 3 nitrogen and oxygen atoms in total. The Morgan fingerprint density at radius 3 is 2.76 bits per heavy atom. The van der Waals surface area contributed by atoms with Gasteiger partial charge in [-0.2, -0.15) is 0 Å². The Hall–Kier alpha value is -1.06. The first kappa shape index (κ1) is 12.4. The third-order valence-corrected chi connectivity index (χ3v) is 3.85. The van der Waals surface area contributed by atoms with E-state index in [9.17, 15) is 0 Å². The summed E-state index contributed by atoms with van der Waals surface area (Å²) in [7, 11) is 2.03. The van der Waals surface area contributed by atoms with E-state index >= 15 is 0 Å². The summed E-state index contributed by atoms with van der Waals surface area (Å²) in [5.74, 6) is 1.03. The molecule has 1 aromatic carbocycles. The molecule has 1 unspecified atom stereocenters. The van der Waals surface area contributed by atoms with Gasteiger partial charge in [0.1, 0.15) is 5.82 Å². The summed E-state index contributed by atoms with van der Waals surface area (Å²) in [4.78, 5) is 4.69. The van der Waals surface area contributed by atoms with Crippen LogP contribution in [0.5, 0.6) is 0 Å². The third kappa shape index (κ3) is 1.94. The zero-order valence-corrected chi connectivity index (χ0v) is 11.3. The zero-order chi connectivity index (χ0) is 12.6. The van der Waals surface area contributed by atoms with Crippen LogP contribution in [-0.2, 0) is 12.5 Å². The largest absolute Gasteiger partial charge is 0.331 e. The molecule has 0 fully saturated rings. The van der Waals surface area contributed by atoms with Crippen molar-refractivity contribution in [2.24, 2.45) is 12.8 Å². The minimum absolute atomic E-state index is 0.0831. The van der Waals surface area contributed by atoms with E-state index in [4.69, 9.17) is 17.3 Å². The lowest BCUT2D eigenvalue weighted by Gasteiger charge is -2.25. The van der Waals surface area contributed by atoms with E-state index in [0.717, 1.165) is 23.3 Å². The highest BCUT2D eigenvalue weighted by molar-refractivity contribution is 6.31. The summed E-state index contributed by atoms with van der Waals surface area (Å²) in [6.07, 6.45) is 0.967. The summed E-state index contributed by atoms with van der Waals surface area (Å²) in [6.45, 7) is 4.88. The Bertz CT molecular complexity index is 541. The molecule has 2 rings (SSSR count). The minimum atomic E-state index is -0.0831. The number of halogens is 1. The van der Waals surface area contributed by atoms with Crippen LogP contribution >= 0.6 is 11.6 Å². The maximum Gasteiger partial charge on any atom is 0.116 e. The number of rotatable bonds is 3. The molecule has 0 radical (unpaired) electrons. The maximum atomic E-state index is 5.99. The first-order chi connectivity index (χ1) is 8.01. The summed E-state index contributed by atoms with van der Waals surface area (Å²) in [6, 6.07) is 5.79. The number of benzene rings is 1. The number of aromatic nitrogens is 2. The molecule has 92 valence electrons. The fraction of sp³-hybridized carbons (Fsp3) is 0.462. The molecule has 0 saturated heterocycles. The van der Waals surface area contributed by atoms with Gasteiger partial charge in [0.25, 0.3) is 0 Å². The SMILES string of the molecule is CCC(C)(CN)c1nc2cc(Cl)ccc2n1C. The van der Waals surface area contributed by atoms with Crippen LogP contribution < -0.4 is 5.73 Å². The summed E-state index contributed by atoms with van der Waals surface area (Å²) in [5, 5.41) is 0.716. The number of hydrogen-bond acceptors (Lipinski definition) is 2. The standard InChI is InChI=1S/C13H18ClN3/c1-4-13(2,8-15)12-16-10-7-9(14)5-6-11(10)17(12)3/h5-7H,4,8,15H2,1-3H3. The monoisotopic (exact) mass is 251 g/mol. The van der Waals surface area contributed by atoms with E-state index in [-0.39, 0.29) is 5.41 Å². The van der Waals surface area contributed by atoms with E-state index in [2.05, 4.69) is 23.4 Å². The van der Waals surface area contributed by atoms with Crippen molar-refractivity contribution in [3.63, 3.8) is 0 Å². The number of nitrogens with zero attached hydrogens (tertiary/aromatic N) is 2. The molecule has 4 heteroatoms. The summed E-state index contributed by atoms with van der Waals surface area (Å²) < 4.78 is 2.11. The Morgan fingerprint density at radius 1 is 1.47 bits per heavy atom. The van der Waals surface area contributed by atoms with Crippen LogP contribution in [0.1, 0.15) is 26.1 Å². The minimum Gasteiger partial charge on any atom is -0.331 e. The first-order valence-electron chi connectivity index (χ1n) is 5.84. The van der Waals surface area contributed by atoms with Gasteiger partial charge in [-0.3, -0.25) is 0 Å². The molecule has 0 aliphatic heterocycles. The molecule has 1 aromatic heterocycles. The normalized spacial score (nSPS) is 15.1. The molecule has 0 aliphatic carbocycles. The number of imidazole rings is 1. The van der Waals surface area contributed by atoms with Crippen molar-refractivity contribution in [1.29, 1.82) is 0 Å². The van der Waals surface area contributed by atoms with Gasteiger partial charge in [0.15, 0.2) is 0 Å². The number of nitrogens with two attached hydrogens (primary N) is 1. The second-order valence-electron chi connectivity index (χ2n) is 4.75. The van der Waals surface area contributed by atoms with Crippen molar-refractivity contribution >= 4 is 22.6 Å². The van der Waals surface area contributed by atoms with Crippen molar-refractivity contribution < 1.29 is 0 Å². The topological polar surface area (TPSA) is 43.8 Å².